The SMILES string of the molecule is Cc1csc(CNC(C)CN2CCOCC2)n1. The zero-order valence-corrected chi connectivity index (χ0v) is 11.4. The fourth-order valence-electron chi connectivity index (χ4n) is 1.98. The minimum atomic E-state index is 0.498. The van der Waals surface area contributed by atoms with Crippen molar-refractivity contribution >= 4 is 11.3 Å². The van der Waals surface area contributed by atoms with Gasteiger partial charge in [0.15, 0.2) is 0 Å². The zero-order chi connectivity index (χ0) is 12.1. The second kappa shape index (κ2) is 6.44. The highest BCUT2D eigenvalue weighted by Gasteiger charge is 2.13. The van der Waals surface area contributed by atoms with E-state index >= 15 is 0 Å². The molecule has 0 saturated carbocycles. The summed E-state index contributed by atoms with van der Waals surface area (Å²) in [5.41, 5.74) is 1.12. The maximum atomic E-state index is 5.34. The van der Waals surface area contributed by atoms with E-state index in [-0.39, 0.29) is 0 Å². The van der Waals surface area contributed by atoms with Crippen LogP contribution in [0.15, 0.2) is 5.38 Å². The van der Waals surface area contributed by atoms with Crippen LogP contribution in [0, 0.1) is 6.92 Å². The minimum absolute atomic E-state index is 0.498. The van der Waals surface area contributed by atoms with Gasteiger partial charge in [-0.3, -0.25) is 4.90 Å². The number of aryl methyl sites for hydroxylation is 1. The van der Waals surface area contributed by atoms with Crippen LogP contribution in [-0.2, 0) is 11.3 Å². The fourth-order valence-corrected chi connectivity index (χ4v) is 2.70. The van der Waals surface area contributed by atoms with Gasteiger partial charge in [-0.15, -0.1) is 11.3 Å². The summed E-state index contributed by atoms with van der Waals surface area (Å²) in [6.45, 7) is 10.1. The Hall–Kier alpha value is -0.490. The maximum Gasteiger partial charge on any atom is 0.107 e. The van der Waals surface area contributed by atoms with E-state index in [1.807, 2.05) is 6.92 Å². The molecule has 0 radical (unpaired) electrons. The highest BCUT2D eigenvalue weighted by molar-refractivity contribution is 7.09. The summed E-state index contributed by atoms with van der Waals surface area (Å²) >= 11 is 1.73. The molecule has 2 rings (SSSR count). The van der Waals surface area contributed by atoms with E-state index < -0.39 is 0 Å². The van der Waals surface area contributed by atoms with Gasteiger partial charge < -0.3 is 10.1 Å². The van der Waals surface area contributed by atoms with Crippen LogP contribution < -0.4 is 5.32 Å². The standard InChI is InChI=1S/C12H21N3OS/c1-10(8-15-3-5-16-6-4-15)13-7-12-14-11(2)9-17-12/h9-10,13H,3-8H2,1-2H3. The number of ether oxygens (including phenoxy) is 1. The van der Waals surface area contributed by atoms with E-state index in [1.165, 1.54) is 5.01 Å². The minimum Gasteiger partial charge on any atom is -0.379 e. The molecule has 0 spiro atoms. The summed E-state index contributed by atoms with van der Waals surface area (Å²) in [7, 11) is 0. The predicted octanol–water partition coefficient (Wildman–Crippen LogP) is 1.26. The number of nitrogens with zero attached hydrogens (tertiary/aromatic N) is 2. The van der Waals surface area contributed by atoms with Gasteiger partial charge in [0, 0.05) is 43.3 Å². The Morgan fingerprint density at radius 3 is 2.94 bits per heavy atom. The molecule has 0 bridgehead atoms. The molecule has 0 amide bonds. The van der Waals surface area contributed by atoms with Gasteiger partial charge in [0.1, 0.15) is 5.01 Å². The van der Waals surface area contributed by atoms with Crippen molar-refractivity contribution in [2.45, 2.75) is 26.4 Å². The van der Waals surface area contributed by atoms with Crippen LogP contribution in [0.2, 0.25) is 0 Å². The first-order valence-electron chi connectivity index (χ1n) is 6.18. The van der Waals surface area contributed by atoms with E-state index in [0.717, 1.165) is 45.1 Å². The molecular weight excluding hydrogens is 234 g/mol. The second-order valence-corrected chi connectivity index (χ2v) is 5.52. The van der Waals surface area contributed by atoms with E-state index in [1.54, 1.807) is 11.3 Å². The fraction of sp³-hybridized carbons (Fsp3) is 0.750. The molecule has 1 atom stereocenters. The largest absolute Gasteiger partial charge is 0.379 e. The second-order valence-electron chi connectivity index (χ2n) is 4.58. The van der Waals surface area contributed by atoms with Crippen molar-refractivity contribution in [2.24, 2.45) is 0 Å². The Balaban J connectivity index is 1.68. The Morgan fingerprint density at radius 1 is 1.53 bits per heavy atom. The lowest BCUT2D eigenvalue weighted by atomic mass is 10.3. The molecule has 96 valence electrons. The number of hydrogen-bond acceptors (Lipinski definition) is 5. The van der Waals surface area contributed by atoms with Gasteiger partial charge in [-0.25, -0.2) is 4.98 Å². The lowest BCUT2D eigenvalue weighted by Crippen LogP contribution is -2.44. The molecule has 1 aliphatic rings. The Kier molecular flexibility index (Phi) is 4.91. The first kappa shape index (κ1) is 13.0. The number of morpholine rings is 1. The van der Waals surface area contributed by atoms with Gasteiger partial charge in [-0.1, -0.05) is 0 Å². The van der Waals surface area contributed by atoms with Crippen LogP contribution in [0.5, 0.6) is 0 Å². The van der Waals surface area contributed by atoms with Crippen LogP contribution >= 0.6 is 11.3 Å². The molecule has 1 aromatic rings. The first-order chi connectivity index (χ1) is 8.24. The van der Waals surface area contributed by atoms with Gasteiger partial charge in [-0.05, 0) is 13.8 Å². The van der Waals surface area contributed by atoms with Crippen LogP contribution in [0.4, 0.5) is 0 Å². The van der Waals surface area contributed by atoms with Crippen molar-refractivity contribution in [1.29, 1.82) is 0 Å². The third-order valence-electron chi connectivity index (χ3n) is 2.90. The average Bonchev–Trinajstić information content (AvgIpc) is 2.74. The van der Waals surface area contributed by atoms with Gasteiger partial charge in [0.25, 0.3) is 0 Å². The summed E-state index contributed by atoms with van der Waals surface area (Å²) in [5, 5.41) is 6.80. The van der Waals surface area contributed by atoms with E-state index in [4.69, 9.17) is 4.74 Å². The smallest absolute Gasteiger partial charge is 0.107 e. The molecule has 1 unspecified atom stereocenters. The van der Waals surface area contributed by atoms with E-state index in [9.17, 15) is 0 Å². The molecule has 0 aromatic carbocycles. The van der Waals surface area contributed by atoms with Crippen LogP contribution in [0.3, 0.4) is 0 Å². The van der Waals surface area contributed by atoms with Crippen molar-refractivity contribution in [2.75, 3.05) is 32.8 Å². The number of thiazole rings is 1. The molecule has 4 nitrogen and oxygen atoms in total. The molecule has 1 aliphatic heterocycles. The van der Waals surface area contributed by atoms with Crippen molar-refractivity contribution in [1.82, 2.24) is 15.2 Å². The highest BCUT2D eigenvalue weighted by atomic mass is 32.1. The molecule has 1 N–H and O–H groups in total. The normalized spacial score (nSPS) is 19.4. The van der Waals surface area contributed by atoms with Crippen molar-refractivity contribution < 1.29 is 4.74 Å². The summed E-state index contributed by atoms with van der Waals surface area (Å²) in [4.78, 5) is 6.90. The molecule has 0 aliphatic carbocycles. The zero-order valence-electron chi connectivity index (χ0n) is 10.6. The lowest BCUT2D eigenvalue weighted by molar-refractivity contribution is 0.0343. The summed E-state index contributed by atoms with van der Waals surface area (Å²) in [6.07, 6.45) is 0. The van der Waals surface area contributed by atoms with Gasteiger partial charge >= 0.3 is 0 Å². The predicted molar refractivity (Wildman–Crippen MR) is 70.4 cm³/mol. The van der Waals surface area contributed by atoms with Gasteiger partial charge in [-0.2, -0.15) is 0 Å². The van der Waals surface area contributed by atoms with E-state index in [2.05, 4.69) is 27.5 Å². The first-order valence-corrected chi connectivity index (χ1v) is 7.06. The van der Waals surface area contributed by atoms with Crippen molar-refractivity contribution in [3.05, 3.63) is 16.1 Å². The lowest BCUT2D eigenvalue weighted by Gasteiger charge is -2.29. The van der Waals surface area contributed by atoms with Crippen LogP contribution in [-0.4, -0.2) is 48.8 Å². The Morgan fingerprint density at radius 2 is 2.29 bits per heavy atom. The third kappa shape index (κ3) is 4.35. The average molecular weight is 255 g/mol. The quantitative estimate of drug-likeness (QED) is 0.859. The Labute approximate surface area is 107 Å². The maximum absolute atomic E-state index is 5.34. The third-order valence-corrected chi connectivity index (χ3v) is 3.87. The number of rotatable bonds is 5. The Bertz CT molecular complexity index is 336. The highest BCUT2D eigenvalue weighted by Crippen LogP contribution is 2.08. The summed E-state index contributed by atoms with van der Waals surface area (Å²) < 4.78 is 5.34. The van der Waals surface area contributed by atoms with Crippen molar-refractivity contribution in [3.63, 3.8) is 0 Å². The number of nitrogens with one attached hydrogen (secondary N) is 1. The number of aromatic nitrogens is 1. The van der Waals surface area contributed by atoms with Crippen LogP contribution in [0.1, 0.15) is 17.6 Å². The molecule has 17 heavy (non-hydrogen) atoms. The van der Waals surface area contributed by atoms with E-state index in [0.29, 0.717) is 6.04 Å². The number of hydrogen-bond donors (Lipinski definition) is 1. The topological polar surface area (TPSA) is 37.4 Å². The molecule has 1 fully saturated rings. The summed E-state index contributed by atoms with van der Waals surface area (Å²) in [5.74, 6) is 0. The van der Waals surface area contributed by atoms with Gasteiger partial charge in [0.2, 0.25) is 0 Å². The summed E-state index contributed by atoms with van der Waals surface area (Å²) in [6, 6.07) is 0.498. The van der Waals surface area contributed by atoms with Crippen LogP contribution in [0.25, 0.3) is 0 Å². The van der Waals surface area contributed by atoms with Crippen molar-refractivity contribution in [3.8, 4) is 0 Å². The molecule has 1 aromatic heterocycles. The van der Waals surface area contributed by atoms with Gasteiger partial charge in [0.05, 0.1) is 13.2 Å². The molecular formula is C12H21N3OS. The monoisotopic (exact) mass is 255 g/mol. The molecule has 5 heteroatoms. The molecule has 2 heterocycles. The molecule has 1 saturated heterocycles.